The molecule has 1 aliphatic carbocycles. The van der Waals surface area contributed by atoms with Crippen LogP contribution < -0.4 is 15.4 Å². The van der Waals surface area contributed by atoms with Crippen molar-refractivity contribution in [3.05, 3.63) is 76.7 Å². The molecule has 0 unspecified atom stereocenters. The molecule has 0 radical (unpaired) electrons. The van der Waals surface area contributed by atoms with Crippen LogP contribution in [-0.4, -0.2) is 43.5 Å². The molecule has 45 heavy (non-hydrogen) atoms. The van der Waals surface area contributed by atoms with Gasteiger partial charge in [0.2, 0.25) is 5.95 Å². The van der Waals surface area contributed by atoms with E-state index in [-0.39, 0.29) is 21.2 Å². The summed E-state index contributed by atoms with van der Waals surface area (Å²) in [6.07, 6.45) is 3.85. The number of esters is 1. The second-order valence-corrected chi connectivity index (χ2v) is 14.7. The van der Waals surface area contributed by atoms with Crippen molar-refractivity contribution in [3.63, 3.8) is 0 Å². The predicted octanol–water partition coefficient (Wildman–Crippen LogP) is 6.63. The summed E-state index contributed by atoms with van der Waals surface area (Å²) in [5.74, 6) is -0.562. The molecule has 1 aromatic heterocycles. The Hall–Kier alpha value is -3.80. The summed E-state index contributed by atoms with van der Waals surface area (Å²) in [4.78, 5) is 21.6. The third kappa shape index (κ3) is 6.61. The fourth-order valence-corrected chi connectivity index (χ4v) is 7.41. The molecule has 1 saturated heterocycles. The molecule has 1 aliphatic heterocycles. The number of hydrogen-bond donors (Lipinski definition) is 3. The van der Waals surface area contributed by atoms with E-state index < -0.39 is 33.3 Å². The quantitative estimate of drug-likeness (QED) is 0.190. The van der Waals surface area contributed by atoms with E-state index in [1.807, 2.05) is 0 Å². The first-order valence-corrected chi connectivity index (χ1v) is 16.8. The fourth-order valence-electron chi connectivity index (χ4n) is 5.74. The lowest BCUT2D eigenvalue weighted by molar-refractivity contribution is -0.158. The van der Waals surface area contributed by atoms with E-state index >= 15 is 4.39 Å². The predicted molar refractivity (Wildman–Crippen MR) is 173 cm³/mol. The van der Waals surface area contributed by atoms with E-state index in [4.69, 9.17) is 16.3 Å². The van der Waals surface area contributed by atoms with E-state index in [1.54, 1.807) is 63.4 Å². The minimum atomic E-state index is -4.26. The first-order valence-electron chi connectivity index (χ1n) is 15.0. The zero-order valence-electron chi connectivity index (χ0n) is 25.3. The maximum atomic E-state index is 15.9. The average molecular weight is 652 g/mol. The van der Waals surface area contributed by atoms with Crippen LogP contribution in [0.1, 0.15) is 57.3 Å². The van der Waals surface area contributed by atoms with Gasteiger partial charge < -0.3 is 15.4 Å². The largest absolute Gasteiger partial charge is 0.457 e. The van der Waals surface area contributed by atoms with Gasteiger partial charge in [-0.25, -0.2) is 22.8 Å². The number of nitrogens with one attached hydrogen (secondary N) is 3. The Morgan fingerprint density at radius 2 is 1.87 bits per heavy atom. The van der Waals surface area contributed by atoms with Crippen LogP contribution in [0, 0.1) is 11.2 Å². The number of carbonyl (C=O) groups is 1. The highest BCUT2D eigenvalue weighted by atomic mass is 35.5. The molecular formula is C33H35ClFN5O4S. The van der Waals surface area contributed by atoms with Gasteiger partial charge in [0.05, 0.1) is 21.5 Å². The molecular weight excluding hydrogens is 617 g/mol. The van der Waals surface area contributed by atoms with Crippen molar-refractivity contribution in [1.82, 2.24) is 15.3 Å². The summed E-state index contributed by atoms with van der Waals surface area (Å²) in [6, 6.07) is 13.2. The Balaban J connectivity index is 1.25. The number of sulfonamides is 1. The minimum Gasteiger partial charge on any atom is -0.457 e. The molecule has 1 atom stereocenters. The first-order chi connectivity index (χ1) is 21.4. The van der Waals surface area contributed by atoms with Crippen LogP contribution in [0.5, 0.6) is 0 Å². The lowest BCUT2D eigenvalue weighted by Crippen LogP contribution is -2.35. The number of ether oxygens (including phenoxy) is 1. The third-order valence-electron chi connectivity index (χ3n) is 8.17. The van der Waals surface area contributed by atoms with Crippen molar-refractivity contribution in [3.8, 4) is 11.1 Å². The zero-order valence-corrected chi connectivity index (χ0v) is 26.9. The Morgan fingerprint density at radius 3 is 2.62 bits per heavy atom. The van der Waals surface area contributed by atoms with Crippen LogP contribution in [0.3, 0.4) is 0 Å². The van der Waals surface area contributed by atoms with Gasteiger partial charge in [0, 0.05) is 28.2 Å². The van der Waals surface area contributed by atoms with Gasteiger partial charge in [-0.2, -0.15) is 0 Å². The van der Waals surface area contributed by atoms with Crippen LogP contribution in [0.2, 0.25) is 5.02 Å². The molecule has 9 nitrogen and oxygen atoms in total. The standard InChI is InChI=1S/C33H35ClFN5O4S/c1-33(2,3)31(41)44-28-10-8-24-25(28)16-21(34)17-29(24)45(42,43)40-27-6-4-5-23(30(27)35)19-7-9-26-20(15-19)18-37-32(39-26)38-22-11-13-36-14-12-22/h4-7,9,15-18,22,28,36,40H,8,10-14H2,1-3H3,(H,37,38,39)/t28-/m1/s1. The van der Waals surface area contributed by atoms with Gasteiger partial charge in [-0.15, -0.1) is 0 Å². The van der Waals surface area contributed by atoms with Crippen molar-refractivity contribution < 1.29 is 22.3 Å². The lowest BCUT2D eigenvalue weighted by atomic mass is 9.97. The maximum Gasteiger partial charge on any atom is 0.311 e. The number of fused-ring (bicyclic) bond motifs is 2. The van der Waals surface area contributed by atoms with Crippen LogP contribution >= 0.6 is 11.6 Å². The monoisotopic (exact) mass is 651 g/mol. The van der Waals surface area contributed by atoms with Crippen molar-refractivity contribution in [1.29, 1.82) is 0 Å². The van der Waals surface area contributed by atoms with Crippen LogP contribution in [0.25, 0.3) is 22.0 Å². The number of carbonyl (C=O) groups excluding carboxylic acids is 1. The van der Waals surface area contributed by atoms with Gasteiger partial charge in [0.15, 0.2) is 5.82 Å². The molecule has 3 N–H and O–H groups in total. The second kappa shape index (κ2) is 12.2. The highest BCUT2D eigenvalue weighted by Gasteiger charge is 2.35. The average Bonchev–Trinajstić information content (AvgIpc) is 3.39. The smallest absolute Gasteiger partial charge is 0.311 e. The lowest BCUT2D eigenvalue weighted by Gasteiger charge is -2.23. The normalized spacial score (nSPS) is 17.2. The summed E-state index contributed by atoms with van der Waals surface area (Å²) in [6.45, 7) is 7.16. The topological polar surface area (TPSA) is 122 Å². The maximum absolute atomic E-state index is 15.9. The molecule has 0 spiro atoms. The minimum absolute atomic E-state index is 0.0686. The second-order valence-electron chi connectivity index (χ2n) is 12.6. The van der Waals surface area contributed by atoms with Crippen LogP contribution in [0.15, 0.2) is 59.6 Å². The zero-order chi connectivity index (χ0) is 31.9. The SMILES string of the molecule is CC(C)(C)C(=O)O[C@@H]1CCc2c1cc(Cl)cc2S(=O)(=O)Nc1cccc(-c2ccc3nc(NC4CCNCC4)ncc3c2)c1F. The van der Waals surface area contributed by atoms with Gasteiger partial charge in [0.1, 0.15) is 6.10 Å². The summed E-state index contributed by atoms with van der Waals surface area (Å²) in [5.41, 5.74) is 1.61. The van der Waals surface area contributed by atoms with E-state index in [0.29, 0.717) is 47.0 Å². The molecule has 0 bridgehead atoms. The summed E-state index contributed by atoms with van der Waals surface area (Å²) in [7, 11) is -4.26. The number of hydrogen-bond acceptors (Lipinski definition) is 8. The number of rotatable bonds is 7. The Labute approximate surface area is 267 Å². The molecule has 0 saturated carbocycles. The van der Waals surface area contributed by atoms with E-state index in [1.165, 1.54) is 12.1 Å². The van der Waals surface area contributed by atoms with Gasteiger partial charge in [-0.3, -0.25) is 9.52 Å². The van der Waals surface area contributed by atoms with Crippen molar-refractivity contribution in [2.45, 2.75) is 63.5 Å². The van der Waals surface area contributed by atoms with E-state index in [2.05, 4.69) is 25.3 Å². The fraction of sp³-hybridized carbons (Fsp3) is 0.364. The van der Waals surface area contributed by atoms with Gasteiger partial charge in [-0.1, -0.05) is 29.8 Å². The molecule has 12 heteroatoms. The van der Waals surface area contributed by atoms with E-state index in [0.717, 1.165) is 31.3 Å². The van der Waals surface area contributed by atoms with Gasteiger partial charge >= 0.3 is 5.97 Å². The van der Waals surface area contributed by atoms with Crippen LogP contribution in [0.4, 0.5) is 16.0 Å². The van der Waals surface area contributed by atoms with E-state index in [9.17, 15) is 13.2 Å². The first kappa shape index (κ1) is 31.2. The van der Waals surface area contributed by atoms with Gasteiger partial charge in [0.25, 0.3) is 10.0 Å². The van der Waals surface area contributed by atoms with Gasteiger partial charge in [-0.05, 0) is 107 Å². The summed E-state index contributed by atoms with van der Waals surface area (Å²) >= 11 is 6.35. The molecule has 3 aromatic carbocycles. The third-order valence-corrected chi connectivity index (χ3v) is 9.82. The molecule has 236 valence electrons. The number of nitrogens with zero attached hydrogens (tertiary/aromatic N) is 2. The molecule has 0 amide bonds. The van der Waals surface area contributed by atoms with Crippen LogP contribution in [-0.2, 0) is 26.0 Å². The molecule has 6 rings (SSSR count). The van der Waals surface area contributed by atoms with Crippen molar-refractivity contribution >= 4 is 50.1 Å². The number of anilines is 2. The number of halogens is 2. The molecule has 1 fully saturated rings. The Morgan fingerprint density at radius 1 is 1.09 bits per heavy atom. The summed E-state index contributed by atoms with van der Waals surface area (Å²) in [5, 5.41) is 7.63. The van der Waals surface area contributed by atoms with Crippen molar-refractivity contribution in [2.75, 3.05) is 23.1 Å². The highest BCUT2D eigenvalue weighted by Crippen LogP contribution is 2.41. The number of piperidine rings is 1. The molecule has 2 aliphatic rings. The molecule has 4 aromatic rings. The molecule has 2 heterocycles. The Kier molecular flexibility index (Phi) is 8.45. The summed E-state index contributed by atoms with van der Waals surface area (Å²) < 4.78 is 51.4. The number of aromatic nitrogens is 2. The highest BCUT2D eigenvalue weighted by molar-refractivity contribution is 7.92. The number of benzene rings is 3. The van der Waals surface area contributed by atoms with Crippen molar-refractivity contribution in [2.24, 2.45) is 5.41 Å². The Bertz CT molecular complexity index is 1890.